The molecule has 1 N–H and O–H groups in total. The molecule has 0 fully saturated rings. The smallest absolute Gasteiger partial charge is 0.122 e. The van der Waals surface area contributed by atoms with Gasteiger partial charge in [0.2, 0.25) is 0 Å². The Labute approximate surface area is 97.0 Å². The van der Waals surface area contributed by atoms with Crippen LogP contribution in [0.3, 0.4) is 0 Å². The van der Waals surface area contributed by atoms with E-state index in [0.717, 1.165) is 30.9 Å². The van der Waals surface area contributed by atoms with Crippen LogP contribution in [0.1, 0.15) is 18.9 Å². The Bertz CT molecular complexity index is 286. The second-order valence-corrected chi connectivity index (χ2v) is 3.48. The summed E-state index contributed by atoms with van der Waals surface area (Å²) in [4.78, 5) is 0. The lowest BCUT2D eigenvalue weighted by Crippen LogP contribution is -2.05. The summed E-state index contributed by atoms with van der Waals surface area (Å²) >= 11 is 0. The van der Waals surface area contributed by atoms with Crippen LogP contribution >= 0.6 is 0 Å². The van der Waals surface area contributed by atoms with Crippen LogP contribution in [-0.2, 0) is 11.2 Å². The molecule has 0 saturated heterocycles. The molecule has 0 saturated carbocycles. The van der Waals surface area contributed by atoms with Gasteiger partial charge in [0.1, 0.15) is 5.75 Å². The van der Waals surface area contributed by atoms with Crippen LogP contribution in [0.25, 0.3) is 0 Å². The van der Waals surface area contributed by atoms with Crippen LogP contribution < -0.4 is 4.74 Å². The molecule has 1 aromatic carbocycles. The van der Waals surface area contributed by atoms with Gasteiger partial charge in [0.15, 0.2) is 0 Å². The molecule has 0 aliphatic rings. The standard InChI is InChI=1S/C13H20O3/c1-2-15-10-5-11-16-13-7-4-3-6-12(13)8-9-14/h3-4,6-7,14H,2,5,8-11H2,1H3. The van der Waals surface area contributed by atoms with Gasteiger partial charge in [-0.2, -0.15) is 0 Å². The topological polar surface area (TPSA) is 38.7 Å². The van der Waals surface area contributed by atoms with E-state index >= 15 is 0 Å². The Balaban J connectivity index is 2.34. The molecule has 0 heterocycles. The highest BCUT2D eigenvalue weighted by molar-refractivity contribution is 5.33. The first kappa shape index (κ1) is 13.0. The lowest BCUT2D eigenvalue weighted by molar-refractivity contribution is 0.130. The Morgan fingerprint density at radius 1 is 1.19 bits per heavy atom. The number of aliphatic hydroxyl groups excluding tert-OH is 1. The van der Waals surface area contributed by atoms with Crippen LogP contribution in [0.5, 0.6) is 5.75 Å². The van der Waals surface area contributed by atoms with E-state index in [1.807, 2.05) is 31.2 Å². The second-order valence-electron chi connectivity index (χ2n) is 3.48. The van der Waals surface area contributed by atoms with Gasteiger partial charge in [-0.05, 0) is 25.0 Å². The van der Waals surface area contributed by atoms with E-state index < -0.39 is 0 Å². The lowest BCUT2D eigenvalue weighted by Gasteiger charge is -2.10. The summed E-state index contributed by atoms with van der Waals surface area (Å²) < 4.78 is 10.9. The maximum atomic E-state index is 8.91. The van der Waals surface area contributed by atoms with Crippen molar-refractivity contribution in [1.82, 2.24) is 0 Å². The predicted octanol–water partition coefficient (Wildman–Crippen LogP) is 2.03. The first-order chi connectivity index (χ1) is 7.88. The molecule has 0 amide bonds. The van der Waals surface area contributed by atoms with E-state index in [1.54, 1.807) is 0 Å². The molecule has 0 unspecified atom stereocenters. The summed E-state index contributed by atoms with van der Waals surface area (Å²) in [6.07, 6.45) is 1.53. The van der Waals surface area contributed by atoms with Crippen molar-refractivity contribution in [3.8, 4) is 5.75 Å². The quantitative estimate of drug-likeness (QED) is 0.687. The molecular weight excluding hydrogens is 204 g/mol. The predicted molar refractivity (Wildman–Crippen MR) is 63.8 cm³/mol. The van der Waals surface area contributed by atoms with Gasteiger partial charge >= 0.3 is 0 Å². The molecule has 16 heavy (non-hydrogen) atoms. The Morgan fingerprint density at radius 2 is 2.00 bits per heavy atom. The molecule has 0 aliphatic carbocycles. The fourth-order valence-electron chi connectivity index (χ4n) is 1.46. The van der Waals surface area contributed by atoms with Crippen molar-refractivity contribution in [2.24, 2.45) is 0 Å². The minimum absolute atomic E-state index is 0.152. The number of aliphatic hydroxyl groups is 1. The molecule has 0 atom stereocenters. The summed E-state index contributed by atoms with van der Waals surface area (Å²) in [5.41, 5.74) is 1.06. The third-order valence-electron chi connectivity index (χ3n) is 2.25. The Kier molecular flexibility index (Phi) is 6.61. The minimum atomic E-state index is 0.152. The summed E-state index contributed by atoms with van der Waals surface area (Å²) in [5, 5.41) is 8.91. The van der Waals surface area contributed by atoms with Gasteiger partial charge in [-0.15, -0.1) is 0 Å². The Morgan fingerprint density at radius 3 is 2.75 bits per heavy atom. The van der Waals surface area contributed by atoms with Crippen molar-refractivity contribution >= 4 is 0 Å². The third kappa shape index (κ3) is 4.64. The van der Waals surface area contributed by atoms with Crippen molar-refractivity contribution < 1.29 is 14.6 Å². The average molecular weight is 224 g/mol. The van der Waals surface area contributed by atoms with Crippen LogP contribution in [-0.4, -0.2) is 31.5 Å². The number of benzene rings is 1. The molecule has 0 bridgehead atoms. The average Bonchev–Trinajstić information content (AvgIpc) is 2.31. The van der Waals surface area contributed by atoms with Gasteiger partial charge in [0.05, 0.1) is 6.61 Å². The van der Waals surface area contributed by atoms with E-state index in [1.165, 1.54) is 0 Å². The maximum Gasteiger partial charge on any atom is 0.122 e. The number of hydrogen-bond acceptors (Lipinski definition) is 3. The molecule has 3 heteroatoms. The number of hydrogen-bond donors (Lipinski definition) is 1. The van der Waals surface area contributed by atoms with E-state index in [9.17, 15) is 0 Å². The summed E-state index contributed by atoms with van der Waals surface area (Å²) in [6, 6.07) is 7.82. The molecule has 0 aliphatic heterocycles. The molecular formula is C13H20O3. The zero-order valence-electron chi connectivity index (χ0n) is 9.82. The maximum absolute atomic E-state index is 8.91. The van der Waals surface area contributed by atoms with E-state index in [4.69, 9.17) is 14.6 Å². The second kappa shape index (κ2) is 8.13. The van der Waals surface area contributed by atoms with Crippen molar-refractivity contribution in [2.45, 2.75) is 19.8 Å². The normalized spacial score (nSPS) is 10.4. The number of para-hydroxylation sites is 1. The van der Waals surface area contributed by atoms with Gasteiger partial charge in [0, 0.05) is 26.2 Å². The van der Waals surface area contributed by atoms with Crippen molar-refractivity contribution in [2.75, 3.05) is 26.4 Å². The number of rotatable bonds is 8. The van der Waals surface area contributed by atoms with Crippen molar-refractivity contribution in [3.05, 3.63) is 29.8 Å². The highest BCUT2D eigenvalue weighted by Crippen LogP contribution is 2.18. The fraction of sp³-hybridized carbons (Fsp3) is 0.538. The lowest BCUT2D eigenvalue weighted by atomic mass is 10.1. The van der Waals surface area contributed by atoms with Crippen molar-refractivity contribution in [3.63, 3.8) is 0 Å². The summed E-state index contributed by atoms with van der Waals surface area (Å²) in [6.45, 7) is 4.28. The van der Waals surface area contributed by atoms with Crippen LogP contribution in [0, 0.1) is 0 Å². The first-order valence-electron chi connectivity index (χ1n) is 5.77. The van der Waals surface area contributed by atoms with E-state index in [2.05, 4.69) is 0 Å². The van der Waals surface area contributed by atoms with Gasteiger partial charge in [0.25, 0.3) is 0 Å². The largest absolute Gasteiger partial charge is 0.493 e. The third-order valence-corrected chi connectivity index (χ3v) is 2.25. The molecule has 0 radical (unpaired) electrons. The fourth-order valence-corrected chi connectivity index (χ4v) is 1.46. The summed E-state index contributed by atoms with van der Waals surface area (Å²) in [7, 11) is 0. The zero-order valence-corrected chi connectivity index (χ0v) is 9.82. The molecule has 3 nitrogen and oxygen atoms in total. The molecule has 1 aromatic rings. The minimum Gasteiger partial charge on any atom is -0.493 e. The molecule has 0 aromatic heterocycles. The van der Waals surface area contributed by atoms with Gasteiger partial charge in [-0.25, -0.2) is 0 Å². The first-order valence-corrected chi connectivity index (χ1v) is 5.77. The van der Waals surface area contributed by atoms with E-state index in [-0.39, 0.29) is 6.61 Å². The van der Waals surface area contributed by atoms with Crippen molar-refractivity contribution in [1.29, 1.82) is 0 Å². The SMILES string of the molecule is CCOCCCOc1ccccc1CCO. The molecule has 90 valence electrons. The van der Waals surface area contributed by atoms with Gasteiger partial charge in [-0.3, -0.25) is 0 Å². The monoisotopic (exact) mass is 224 g/mol. The van der Waals surface area contributed by atoms with Crippen LogP contribution in [0.2, 0.25) is 0 Å². The van der Waals surface area contributed by atoms with E-state index in [0.29, 0.717) is 13.0 Å². The Hall–Kier alpha value is -1.06. The molecule has 0 spiro atoms. The van der Waals surface area contributed by atoms with Crippen LogP contribution in [0.15, 0.2) is 24.3 Å². The number of ether oxygens (including phenoxy) is 2. The van der Waals surface area contributed by atoms with Crippen LogP contribution in [0.4, 0.5) is 0 Å². The zero-order chi connectivity index (χ0) is 11.6. The highest BCUT2D eigenvalue weighted by Gasteiger charge is 2.01. The summed E-state index contributed by atoms with van der Waals surface area (Å²) in [5.74, 6) is 0.869. The van der Waals surface area contributed by atoms with Gasteiger partial charge < -0.3 is 14.6 Å². The van der Waals surface area contributed by atoms with Gasteiger partial charge in [-0.1, -0.05) is 18.2 Å². The highest BCUT2D eigenvalue weighted by atomic mass is 16.5. The molecule has 1 rings (SSSR count).